The Morgan fingerprint density at radius 3 is 2.50 bits per heavy atom. The van der Waals surface area contributed by atoms with E-state index in [1.807, 2.05) is 19.0 Å². The quantitative estimate of drug-likeness (QED) is 0.778. The predicted molar refractivity (Wildman–Crippen MR) is 64.5 cm³/mol. The lowest BCUT2D eigenvalue weighted by Crippen LogP contribution is -2.22. The molecule has 1 heterocycles. The zero-order valence-corrected chi connectivity index (χ0v) is 9.55. The molecule has 2 rings (SSSR count). The highest BCUT2D eigenvalue weighted by atomic mass is 35.5. The summed E-state index contributed by atoms with van der Waals surface area (Å²) in [6, 6.07) is 3.38. The maximum atomic E-state index is 11.5. The van der Waals surface area contributed by atoms with Crippen molar-refractivity contribution in [2.24, 2.45) is 0 Å². The summed E-state index contributed by atoms with van der Waals surface area (Å²) < 4.78 is 0. The van der Waals surface area contributed by atoms with Gasteiger partial charge < -0.3 is 9.88 Å². The van der Waals surface area contributed by atoms with Crippen LogP contribution in [0.15, 0.2) is 21.7 Å². The van der Waals surface area contributed by atoms with E-state index in [9.17, 15) is 9.59 Å². The fourth-order valence-corrected chi connectivity index (χ4v) is 1.80. The van der Waals surface area contributed by atoms with E-state index in [0.29, 0.717) is 15.9 Å². The van der Waals surface area contributed by atoms with Gasteiger partial charge in [-0.3, -0.25) is 9.78 Å². The van der Waals surface area contributed by atoms with Crippen molar-refractivity contribution in [3.05, 3.63) is 38.0 Å². The van der Waals surface area contributed by atoms with Gasteiger partial charge in [0, 0.05) is 19.8 Å². The van der Waals surface area contributed by atoms with Crippen LogP contribution in [0.25, 0.3) is 10.9 Å². The number of hydrogen-bond donors (Lipinski definition) is 2. The van der Waals surface area contributed by atoms with Crippen LogP contribution in [0.2, 0.25) is 5.02 Å². The van der Waals surface area contributed by atoms with Crippen LogP contribution in [-0.4, -0.2) is 24.1 Å². The zero-order valence-electron chi connectivity index (χ0n) is 8.80. The molecular formula is C10H10ClN3O2. The molecule has 0 amide bonds. The first kappa shape index (κ1) is 10.8. The number of nitrogens with zero attached hydrogens (tertiary/aromatic N) is 1. The first-order valence-electron chi connectivity index (χ1n) is 4.62. The van der Waals surface area contributed by atoms with Crippen molar-refractivity contribution in [3.63, 3.8) is 0 Å². The maximum Gasteiger partial charge on any atom is 0.326 e. The number of nitrogens with one attached hydrogen (secondary N) is 2. The largest absolute Gasteiger partial charge is 0.378 e. The van der Waals surface area contributed by atoms with Crippen LogP contribution in [0.3, 0.4) is 0 Å². The van der Waals surface area contributed by atoms with Crippen molar-refractivity contribution >= 4 is 28.2 Å². The van der Waals surface area contributed by atoms with Crippen LogP contribution in [0.4, 0.5) is 5.69 Å². The van der Waals surface area contributed by atoms with Crippen LogP contribution in [0.5, 0.6) is 0 Å². The number of aromatic nitrogens is 2. The molecule has 0 aliphatic heterocycles. The predicted octanol–water partition coefficient (Wildman–Crippen LogP) is 0.936. The molecule has 2 N–H and O–H groups in total. The highest BCUT2D eigenvalue weighted by Gasteiger charge is 2.08. The Bertz CT molecular complexity index is 657. The van der Waals surface area contributed by atoms with Crippen LogP contribution >= 0.6 is 11.6 Å². The highest BCUT2D eigenvalue weighted by molar-refractivity contribution is 6.35. The molecule has 0 fully saturated rings. The molecule has 0 atom stereocenters. The number of H-pyrrole nitrogens is 2. The van der Waals surface area contributed by atoms with Crippen molar-refractivity contribution in [1.82, 2.24) is 9.97 Å². The normalized spacial score (nSPS) is 10.7. The number of hydrogen-bond acceptors (Lipinski definition) is 3. The van der Waals surface area contributed by atoms with Gasteiger partial charge >= 0.3 is 5.69 Å². The number of rotatable bonds is 1. The number of fused-ring (bicyclic) bond motifs is 1. The number of halogens is 1. The standard InChI is InChI=1S/C10H10ClN3O2/c1-14(2)5-3-6(11)8-7(4-5)12-10(16)13-9(8)15/h3-4H,1-2H3,(H2,12,13,15,16). The summed E-state index contributed by atoms with van der Waals surface area (Å²) in [5.41, 5.74) is 0.238. The van der Waals surface area contributed by atoms with E-state index in [1.54, 1.807) is 12.1 Å². The molecule has 5 nitrogen and oxygen atoms in total. The minimum absolute atomic E-state index is 0.298. The van der Waals surface area contributed by atoms with Crippen LogP contribution in [0.1, 0.15) is 0 Å². The van der Waals surface area contributed by atoms with E-state index in [2.05, 4.69) is 9.97 Å². The minimum atomic E-state index is -0.538. The molecule has 0 bridgehead atoms. The van der Waals surface area contributed by atoms with E-state index in [1.165, 1.54) is 0 Å². The topological polar surface area (TPSA) is 69.0 Å². The highest BCUT2D eigenvalue weighted by Crippen LogP contribution is 2.24. The summed E-state index contributed by atoms with van der Waals surface area (Å²) in [7, 11) is 3.70. The average Bonchev–Trinajstić information content (AvgIpc) is 2.15. The number of benzene rings is 1. The monoisotopic (exact) mass is 239 g/mol. The summed E-state index contributed by atoms with van der Waals surface area (Å²) in [6.07, 6.45) is 0. The van der Waals surface area contributed by atoms with Crippen LogP contribution < -0.4 is 16.1 Å². The number of aromatic amines is 2. The van der Waals surface area contributed by atoms with Gasteiger partial charge in [0.15, 0.2) is 0 Å². The Labute approximate surface area is 95.7 Å². The molecule has 6 heteroatoms. The van der Waals surface area contributed by atoms with E-state index in [-0.39, 0.29) is 0 Å². The van der Waals surface area contributed by atoms with Crippen molar-refractivity contribution in [3.8, 4) is 0 Å². The van der Waals surface area contributed by atoms with E-state index in [0.717, 1.165) is 5.69 Å². The van der Waals surface area contributed by atoms with E-state index >= 15 is 0 Å². The molecule has 0 unspecified atom stereocenters. The first-order chi connectivity index (χ1) is 7.49. The Hall–Kier alpha value is -1.75. The third kappa shape index (κ3) is 1.69. The molecule has 2 aromatic rings. The summed E-state index contributed by atoms with van der Waals surface area (Å²) in [4.78, 5) is 29.2. The molecule has 0 radical (unpaired) electrons. The van der Waals surface area contributed by atoms with Crippen molar-refractivity contribution < 1.29 is 0 Å². The summed E-state index contributed by atoms with van der Waals surface area (Å²) >= 11 is 6.00. The smallest absolute Gasteiger partial charge is 0.326 e. The second-order valence-electron chi connectivity index (χ2n) is 3.65. The van der Waals surface area contributed by atoms with Gasteiger partial charge in [-0.25, -0.2) is 4.79 Å². The first-order valence-corrected chi connectivity index (χ1v) is 5.00. The lowest BCUT2D eigenvalue weighted by atomic mass is 10.2. The maximum absolute atomic E-state index is 11.5. The molecule has 1 aromatic carbocycles. The molecular weight excluding hydrogens is 230 g/mol. The molecule has 1 aromatic heterocycles. The Balaban J connectivity index is 2.93. The van der Waals surface area contributed by atoms with Gasteiger partial charge in [0.2, 0.25) is 0 Å². The van der Waals surface area contributed by atoms with Gasteiger partial charge in [0.25, 0.3) is 5.56 Å². The third-order valence-electron chi connectivity index (χ3n) is 2.29. The van der Waals surface area contributed by atoms with Gasteiger partial charge in [-0.1, -0.05) is 11.6 Å². The molecule has 0 saturated carbocycles. The van der Waals surface area contributed by atoms with E-state index in [4.69, 9.17) is 11.6 Å². The second kappa shape index (κ2) is 3.68. The SMILES string of the molecule is CN(C)c1cc(Cl)c2c(=O)[nH]c(=O)[nH]c2c1. The van der Waals surface area contributed by atoms with E-state index < -0.39 is 11.2 Å². The fraction of sp³-hybridized carbons (Fsp3) is 0.200. The second-order valence-corrected chi connectivity index (χ2v) is 4.06. The summed E-state index contributed by atoms with van der Waals surface area (Å²) in [5, 5.41) is 0.616. The van der Waals surface area contributed by atoms with Gasteiger partial charge in [-0.15, -0.1) is 0 Å². The average molecular weight is 240 g/mol. The van der Waals surface area contributed by atoms with Crippen molar-refractivity contribution in [1.29, 1.82) is 0 Å². The number of anilines is 1. The molecule has 0 aliphatic carbocycles. The molecule has 16 heavy (non-hydrogen) atoms. The molecule has 0 saturated heterocycles. The van der Waals surface area contributed by atoms with Gasteiger partial charge in [-0.05, 0) is 12.1 Å². The summed E-state index contributed by atoms with van der Waals surface area (Å²) in [5.74, 6) is 0. The van der Waals surface area contributed by atoms with Crippen LogP contribution in [-0.2, 0) is 0 Å². The van der Waals surface area contributed by atoms with Gasteiger partial charge in [0.1, 0.15) is 0 Å². The van der Waals surface area contributed by atoms with Crippen LogP contribution in [0, 0.1) is 0 Å². The van der Waals surface area contributed by atoms with Gasteiger partial charge in [0.05, 0.1) is 15.9 Å². The molecule has 0 aliphatic rings. The van der Waals surface area contributed by atoms with Crippen molar-refractivity contribution in [2.75, 3.05) is 19.0 Å². The minimum Gasteiger partial charge on any atom is -0.378 e. The molecule has 84 valence electrons. The Morgan fingerprint density at radius 2 is 1.88 bits per heavy atom. The summed E-state index contributed by atoms with van der Waals surface area (Å²) in [6.45, 7) is 0. The lowest BCUT2D eigenvalue weighted by Gasteiger charge is -2.13. The Morgan fingerprint density at radius 1 is 1.19 bits per heavy atom. The fourth-order valence-electron chi connectivity index (χ4n) is 1.50. The van der Waals surface area contributed by atoms with Gasteiger partial charge in [-0.2, -0.15) is 0 Å². The Kier molecular flexibility index (Phi) is 2.47. The van der Waals surface area contributed by atoms with Crippen molar-refractivity contribution in [2.45, 2.75) is 0 Å². The lowest BCUT2D eigenvalue weighted by molar-refractivity contribution is 1.08. The zero-order chi connectivity index (χ0) is 11.9. The third-order valence-corrected chi connectivity index (χ3v) is 2.59. The molecule has 0 spiro atoms.